The van der Waals surface area contributed by atoms with Crippen LogP contribution < -0.4 is 10.2 Å². The van der Waals surface area contributed by atoms with E-state index in [1.165, 1.54) is 12.1 Å². The van der Waals surface area contributed by atoms with Crippen molar-refractivity contribution in [3.05, 3.63) is 46.5 Å². The zero-order chi connectivity index (χ0) is 34.9. The number of piperazine rings is 1. The summed E-state index contributed by atoms with van der Waals surface area (Å²) in [5.74, 6) is -1.59. The largest absolute Gasteiger partial charge is 0.444 e. The fourth-order valence-corrected chi connectivity index (χ4v) is 7.66. The maximum absolute atomic E-state index is 16.6. The Bertz CT molecular complexity index is 2020. The molecule has 0 unspecified atom stereocenters. The SMILES string of the molecule is CC(C)(C)OC(=O)Nc1sc2c(F)ccc(-c3c(Cl)cc4c(N5C[C@H]6CC[C@@H](C5)N6C(=O)OC(C)(C)C)nc(F)nc4c3F)c2c1C#N. The van der Waals surface area contributed by atoms with Crippen molar-refractivity contribution in [2.45, 2.75) is 77.7 Å². The summed E-state index contributed by atoms with van der Waals surface area (Å²) < 4.78 is 57.7. The van der Waals surface area contributed by atoms with E-state index >= 15 is 13.2 Å². The van der Waals surface area contributed by atoms with Gasteiger partial charge in [-0.25, -0.2) is 18.4 Å². The Balaban J connectivity index is 1.43. The molecule has 2 bridgehead atoms. The number of hydrogen-bond donors (Lipinski definition) is 1. The highest BCUT2D eigenvalue weighted by molar-refractivity contribution is 7.23. The molecule has 2 saturated heterocycles. The quantitative estimate of drug-likeness (QED) is 0.212. The summed E-state index contributed by atoms with van der Waals surface area (Å²) in [5, 5.41) is 12.6. The lowest BCUT2D eigenvalue weighted by atomic mass is 9.97. The molecule has 0 aliphatic carbocycles. The van der Waals surface area contributed by atoms with Gasteiger partial charge in [-0.3, -0.25) is 10.2 Å². The van der Waals surface area contributed by atoms with Gasteiger partial charge in [0.1, 0.15) is 39.4 Å². The molecule has 2 atom stereocenters. The summed E-state index contributed by atoms with van der Waals surface area (Å²) in [6.07, 6.45) is -1.04. The van der Waals surface area contributed by atoms with Crippen molar-refractivity contribution in [2.24, 2.45) is 0 Å². The molecule has 0 saturated carbocycles. The van der Waals surface area contributed by atoms with Gasteiger partial charge in [-0.05, 0) is 72.1 Å². The van der Waals surface area contributed by atoms with E-state index in [0.717, 1.165) is 17.4 Å². The van der Waals surface area contributed by atoms with Gasteiger partial charge < -0.3 is 14.4 Å². The zero-order valence-electron chi connectivity index (χ0n) is 27.0. The van der Waals surface area contributed by atoms with E-state index in [0.29, 0.717) is 25.9 Å². The summed E-state index contributed by atoms with van der Waals surface area (Å²) in [5.41, 5.74) is -2.19. The number of carbonyl (C=O) groups is 2. The van der Waals surface area contributed by atoms with Crippen molar-refractivity contribution in [3.8, 4) is 17.2 Å². The number of aromatic nitrogens is 2. The van der Waals surface area contributed by atoms with Crippen molar-refractivity contribution >= 4 is 66.9 Å². The zero-order valence-corrected chi connectivity index (χ0v) is 28.6. The summed E-state index contributed by atoms with van der Waals surface area (Å²) in [6, 6.07) is 5.30. The maximum atomic E-state index is 16.6. The average molecular weight is 701 g/mol. The van der Waals surface area contributed by atoms with Crippen LogP contribution in [0.3, 0.4) is 0 Å². The Morgan fingerprint density at radius 1 is 1.04 bits per heavy atom. The van der Waals surface area contributed by atoms with Crippen molar-refractivity contribution in [3.63, 3.8) is 0 Å². The van der Waals surface area contributed by atoms with Crippen LogP contribution in [0, 0.1) is 29.0 Å². The van der Waals surface area contributed by atoms with Crippen LogP contribution in [0.1, 0.15) is 59.9 Å². The van der Waals surface area contributed by atoms with Gasteiger partial charge in [0.25, 0.3) is 0 Å². The molecule has 10 nitrogen and oxygen atoms in total. The fraction of sp³-hybridized carbons (Fsp3) is 0.424. The van der Waals surface area contributed by atoms with Gasteiger partial charge >= 0.3 is 18.3 Å². The number of hydrogen-bond acceptors (Lipinski definition) is 9. The molecule has 2 aliphatic heterocycles. The van der Waals surface area contributed by atoms with Crippen LogP contribution >= 0.6 is 22.9 Å². The number of carbonyl (C=O) groups excluding carboxylic acids is 2. The van der Waals surface area contributed by atoms with E-state index in [2.05, 4.69) is 15.3 Å². The Morgan fingerprint density at radius 2 is 1.69 bits per heavy atom. The lowest BCUT2D eigenvalue weighted by Crippen LogP contribution is -2.57. The molecule has 4 aromatic rings. The minimum Gasteiger partial charge on any atom is -0.444 e. The van der Waals surface area contributed by atoms with Crippen LogP contribution in [-0.4, -0.2) is 63.4 Å². The Hall–Kier alpha value is -4.35. The maximum Gasteiger partial charge on any atom is 0.412 e. The molecule has 2 amide bonds. The molecule has 0 spiro atoms. The number of benzene rings is 2. The first kappa shape index (κ1) is 33.5. The highest BCUT2D eigenvalue weighted by Gasteiger charge is 2.45. The van der Waals surface area contributed by atoms with Gasteiger partial charge in [0, 0.05) is 29.4 Å². The van der Waals surface area contributed by atoms with Crippen molar-refractivity contribution < 1.29 is 32.2 Å². The van der Waals surface area contributed by atoms with E-state index < -0.39 is 41.1 Å². The number of amides is 2. The summed E-state index contributed by atoms with van der Waals surface area (Å²) in [6.45, 7) is 11.0. The molecule has 2 aromatic heterocycles. The highest BCUT2D eigenvalue weighted by Crippen LogP contribution is 2.46. The third kappa shape index (κ3) is 6.17. The molecule has 4 heterocycles. The second kappa shape index (κ2) is 12.0. The topological polar surface area (TPSA) is 121 Å². The third-order valence-corrected chi connectivity index (χ3v) is 9.42. The number of thiophene rings is 1. The number of halogens is 4. The van der Waals surface area contributed by atoms with Crippen molar-refractivity contribution in [2.75, 3.05) is 23.3 Å². The van der Waals surface area contributed by atoms with Gasteiger partial charge in [-0.15, -0.1) is 11.3 Å². The number of nitriles is 1. The van der Waals surface area contributed by atoms with Gasteiger partial charge in [-0.2, -0.15) is 19.6 Å². The summed E-state index contributed by atoms with van der Waals surface area (Å²) in [4.78, 5) is 36.8. The first-order valence-electron chi connectivity index (χ1n) is 15.2. The van der Waals surface area contributed by atoms with Crippen LogP contribution in [0.2, 0.25) is 5.02 Å². The van der Waals surface area contributed by atoms with Gasteiger partial charge in [0.05, 0.1) is 27.4 Å². The normalized spacial score (nSPS) is 17.9. The lowest BCUT2D eigenvalue weighted by molar-refractivity contribution is 0.0122. The molecule has 2 aliphatic rings. The number of rotatable bonds is 3. The van der Waals surface area contributed by atoms with Crippen molar-refractivity contribution in [1.29, 1.82) is 5.26 Å². The van der Waals surface area contributed by atoms with E-state index in [9.17, 15) is 14.9 Å². The van der Waals surface area contributed by atoms with Crippen LogP contribution in [0.25, 0.3) is 32.1 Å². The molecule has 48 heavy (non-hydrogen) atoms. The van der Waals surface area contributed by atoms with Crippen LogP contribution in [0.4, 0.5) is 33.6 Å². The van der Waals surface area contributed by atoms with E-state index in [4.69, 9.17) is 21.1 Å². The van der Waals surface area contributed by atoms with Crippen LogP contribution in [-0.2, 0) is 9.47 Å². The molecule has 1 N–H and O–H groups in total. The van der Waals surface area contributed by atoms with Crippen LogP contribution in [0.5, 0.6) is 0 Å². The molecular weight excluding hydrogens is 669 g/mol. The highest BCUT2D eigenvalue weighted by atomic mass is 35.5. The Labute approximate surface area is 283 Å². The summed E-state index contributed by atoms with van der Waals surface area (Å²) >= 11 is 7.53. The molecule has 2 fully saturated rings. The van der Waals surface area contributed by atoms with Crippen molar-refractivity contribution in [1.82, 2.24) is 14.9 Å². The molecule has 15 heteroatoms. The number of fused-ring (bicyclic) bond motifs is 4. The lowest BCUT2D eigenvalue weighted by Gasteiger charge is -2.42. The minimum atomic E-state index is -1.17. The molecule has 0 radical (unpaired) electrons. The second-order valence-electron chi connectivity index (χ2n) is 13.8. The fourth-order valence-electron chi connectivity index (χ4n) is 6.30. The summed E-state index contributed by atoms with van der Waals surface area (Å²) in [7, 11) is 0. The molecule has 6 rings (SSSR count). The first-order chi connectivity index (χ1) is 22.5. The van der Waals surface area contributed by atoms with Crippen LogP contribution in [0.15, 0.2) is 18.2 Å². The molecule has 2 aromatic carbocycles. The van der Waals surface area contributed by atoms with E-state index in [-0.39, 0.29) is 65.6 Å². The number of ether oxygens (including phenoxy) is 2. The predicted octanol–water partition coefficient (Wildman–Crippen LogP) is 8.39. The minimum absolute atomic E-state index is 0.00114. The van der Waals surface area contributed by atoms with E-state index in [1.54, 1.807) is 51.3 Å². The predicted molar refractivity (Wildman–Crippen MR) is 177 cm³/mol. The smallest absolute Gasteiger partial charge is 0.412 e. The Kier molecular flexibility index (Phi) is 8.36. The van der Waals surface area contributed by atoms with E-state index in [1.807, 2.05) is 6.07 Å². The molecule has 252 valence electrons. The van der Waals surface area contributed by atoms with Gasteiger partial charge in [0.2, 0.25) is 0 Å². The third-order valence-electron chi connectivity index (χ3n) is 8.01. The van der Waals surface area contributed by atoms with Gasteiger partial charge in [0.15, 0.2) is 5.82 Å². The Morgan fingerprint density at radius 3 is 2.29 bits per heavy atom. The first-order valence-corrected chi connectivity index (χ1v) is 16.4. The second-order valence-corrected chi connectivity index (χ2v) is 15.2. The monoisotopic (exact) mass is 700 g/mol. The molecular formula is C33H32ClF3N6O4S. The van der Waals surface area contributed by atoms with Gasteiger partial charge in [-0.1, -0.05) is 17.7 Å². The number of anilines is 2. The number of nitrogens with zero attached hydrogens (tertiary/aromatic N) is 5. The standard InChI is InChI=1S/C33H32ClF3N6O4S/c1-32(2,3)46-30(44)41-28-19(12-38)22-17(9-10-21(35)26(22)48-28)23-20(34)11-18-25(24(23)36)39-29(37)40-27(18)42-13-15-7-8-16(14-42)43(15)31(45)47-33(4,5)6/h9-11,15-16H,7-8,13-14H2,1-6H3,(H,41,44)/t15-,16+. The number of nitrogens with one attached hydrogen (secondary N) is 1. The average Bonchev–Trinajstić information content (AvgIpc) is 3.46.